The second-order valence-corrected chi connectivity index (χ2v) is 18.3. The molecule has 0 atom stereocenters. The Morgan fingerprint density at radius 1 is 0.490 bits per heavy atom. The first-order chi connectivity index (χ1) is 24.4. The van der Waals surface area contributed by atoms with Crippen LogP contribution >= 0.6 is 11.3 Å². The fourth-order valence-corrected chi connectivity index (χ4v) is 16.2. The molecule has 5 heteroatoms. The molecule has 2 aromatic heterocycles. The first-order valence-electron chi connectivity index (χ1n) is 17.1. The molecule has 226 valence electrons. The Hall–Kier alpha value is -5.62. The van der Waals surface area contributed by atoms with E-state index in [1.165, 1.54) is 91.1 Å². The van der Waals surface area contributed by atoms with E-state index in [1.807, 2.05) is 11.3 Å². The molecule has 0 amide bonds. The van der Waals surface area contributed by atoms with E-state index in [2.05, 4.69) is 173 Å². The van der Waals surface area contributed by atoms with Crippen LogP contribution in [0.2, 0.25) is 0 Å². The van der Waals surface area contributed by atoms with Gasteiger partial charge in [0.2, 0.25) is 0 Å². The third-order valence-electron chi connectivity index (χ3n) is 11.4. The Labute approximate surface area is 289 Å². The Morgan fingerprint density at radius 2 is 1.12 bits per heavy atom. The van der Waals surface area contributed by atoms with Crippen molar-refractivity contribution in [2.45, 2.75) is 0 Å². The third-order valence-corrected chi connectivity index (χ3v) is 17.4. The maximum Gasteiger partial charge on any atom is 0.254 e. The number of benzene rings is 7. The highest BCUT2D eigenvalue weighted by Crippen LogP contribution is 2.46. The summed E-state index contributed by atoms with van der Waals surface area (Å²) in [5.74, 6) is 0. The smallest absolute Gasteiger partial charge is 0.254 e. The van der Waals surface area contributed by atoms with Crippen LogP contribution in [0.15, 0.2) is 164 Å². The van der Waals surface area contributed by atoms with Gasteiger partial charge in [-0.2, -0.15) is 0 Å². The van der Waals surface area contributed by atoms with Gasteiger partial charge in [0.15, 0.2) is 8.07 Å². The van der Waals surface area contributed by atoms with Gasteiger partial charge >= 0.3 is 0 Å². The van der Waals surface area contributed by atoms with Gasteiger partial charge in [-0.15, -0.1) is 11.3 Å². The summed E-state index contributed by atoms with van der Waals surface area (Å²) in [6, 6.07) is 62.1. The summed E-state index contributed by atoms with van der Waals surface area (Å²) in [4.78, 5) is 2.54. The number of hydrogen-bond acceptors (Lipinski definition) is 2. The van der Waals surface area contributed by atoms with Gasteiger partial charge in [-0.05, 0) is 66.8 Å². The van der Waals surface area contributed by atoms with E-state index in [1.54, 1.807) is 0 Å². The molecule has 5 heterocycles. The molecule has 3 aliphatic rings. The topological polar surface area (TPSA) is 8.17 Å². The molecule has 0 unspecified atom stereocenters. The van der Waals surface area contributed by atoms with Crippen LogP contribution in [-0.4, -0.2) is 19.4 Å². The summed E-state index contributed by atoms with van der Waals surface area (Å²) < 4.78 is 4.04. The average molecular weight is 655 g/mol. The summed E-state index contributed by atoms with van der Waals surface area (Å²) in [5, 5.41) is 11.2. The number of para-hydroxylation sites is 3. The first kappa shape index (κ1) is 26.3. The van der Waals surface area contributed by atoms with Crippen molar-refractivity contribution in [3.63, 3.8) is 0 Å². The molecule has 0 spiro atoms. The van der Waals surface area contributed by atoms with Crippen LogP contribution in [0, 0.1) is 0 Å². The molecule has 3 aliphatic heterocycles. The van der Waals surface area contributed by atoms with Crippen LogP contribution in [0.3, 0.4) is 0 Å². The normalized spacial score (nSPS) is 14.6. The van der Waals surface area contributed by atoms with E-state index >= 15 is 0 Å². The lowest BCUT2D eigenvalue weighted by Gasteiger charge is -2.44. The Kier molecular flexibility index (Phi) is 5.00. The van der Waals surface area contributed by atoms with E-state index < -0.39 is 8.07 Å². The summed E-state index contributed by atoms with van der Waals surface area (Å²) >= 11 is 1.93. The minimum absolute atomic E-state index is 0.122. The molecule has 49 heavy (non-hydrogen) atoms. The van der Waals surface area contributed by atoms with Crippen molar-refractivity contribution in [1.29, 1.82) is 0 Å². The van der Waals surface area contributed by atoms with Gasteiger partial charge in [0.25, 0.3) is 6.71 Å². The Bertz CT molecular complexity index is 2800. The van der Waals surface area contributed by atoms with Crippen LogP contribution in [0.5, 0.6) is 0 Å². The molecule has 0 saturated carbocycles. The van der Waals surface area contributed by atoms with Gasteiger partial charge < -0.3 is 9.47 Å². The highest BCUT2D eigenvalue weighted by Gasteiger charge is 2.52. The maximum absolute atomic E-state index is 2.73. The van der Waals surface area contributed by atoms with Crippen LogP contribution in [-0.2, 0) is 0 Å². The molecular weight excluding hydrogens is 627 g/mol. The fraction of sp³-hybridized carbons (Fsp3) is 0. The quantitative estimate of drug-likeness (QED) is 0.203. The second-order valence-electron chi connectivity index (χ2n) is 13.6. The highest BCUT2D eigenvalue weighted by atomic mass is 32.1. The molecule has 9 aromatic rings. The lowest BCUT2D eigenvalue weighted by atomic mass is 9.34. The number of aromatic nitrogens is 1. The van der Waals surface area contributed by atoms with Gasteiger partial charge in [0, 0.05) is 32.5 Å². The number of nitrogens with zero attached hydrogens (tertiary/aromatic N) is 2. The maximum atomic E-state index is 2.69. The van der Waals surface area contributed by atoms with Crippen molar-refractivity contribution in [2.24, 2.45) is 0 Å². The monoisotopic (exact) mass is 654 g/mol. The molecule has 2 nitrogen and oxygen atoms in total. The molecule has 0 N–H and O–H groups in total. The van der Waals surface area contributed by atoms with E-state index in [0.717, 1.165) is 0 Å². The molecule has 0 saturated heterocycles. The number of anilines is 3. The molecule has 0 bridgehead atoms. The molecule has 12 rings (SSSR count). The number of hydrogen-bond donors (Lipinski definition) is 0. The lowest BCUT2D eigenvalue weighted by Crippen LogP contribution is -2.78. The van der Waals surface area contributed by atoms with Crippen LogP contribution in [0.1, 0.15) is 0 Å². The first-order valence-corrected chi connectivity index (χ1v) is 19.9. The summed E-state index contributed by atoms with van der Waals surface area (Å²) in [6.07, 6.45) is 0. The molecule has 7 aromatic carbocycles. The van der Waals surface area contributed by atoms with Crippen LogP contribution in [0.4, 0.5) is 16.4 Å². The highest BCUT2D eigenvalue weighted by molar-refractivity contribution is 7.27. The molecule has 0 radical (unpaired) electrons. The van der Waals surface area contributed by atoms with Crippen molar-refractivity contribution >= 4 is 112 Å². The van der Waals surface area contributed by atoms with Crippen LogP contribution in [0.25, 0.3) is 37.6 Å². The number of thiophene rings is 1. The zero-order valence-corrected chi connectivity index (χ0v) is 28.3. The molecule has 0 aliphatic carbocycles. The van der Waals surface area contributed by atoms with E-state index in [-0.39, 0.29) is 6.71 Å². The summed E-state index contributed by atoms with van der Waals surface area (Å²) in [6.45, 7) is 0.122. The largest absolute Gasteiger partial charge is 0.310 e. The van der Waals surface area contributed by atoms with E-state index in [0.29, 0.717) is 0 Å². The Balaban J connectivity index is 1.33. The summed E-state index contributed by atoms with van der Waals surface area (Å²) in [7, 11) is -2.73. The standard InChI is InChI=1S/C44H27BN2SSi/c1-4-14-28(15-5-1)46-35-27-26-32-31-21-12-24-37-41(31)47-42(32)40(35)45(39-33-20-10-11-23-36(33)48-44(39)46)34-22-13-25-38(43(34)47)49(37,29-16-6-2-7-17-29)30-18-8-3-9-19-30/h1-27H. The minimum atomic E-state index is -2.73. The Morgan fingerprint density at radius 3 is 1.90 bits per heavy atom. The SMILES string of the molecule is c1ccc(N2c3ccc4c5cccc6c5n5c4c3B(c3cccc(c3-5)[Si]6(c3ccccc3)c3ccccc3)c3c2sc2ccccc32)cc1. The molecular formula is C44H27BN2SSi. The predicted molar refractivity (Wildman–Crippen MR) is 213 cm³/mol. The van der Waals surface area contributed by atoms with Crippen molar-refractivity contribution in [2.75, 3.05) is 4.90 Å². The van der Waals surface area contributed by atoms with E-state index in [9.17, 15) is 0 Å². The zero-order valence-electron chi connectivity index (χ0n) is 26.5. The zero-order chi connectivity index (χ0) is 31.8. The number of rotatable bonds is 3. The van der Waals surface area contributed by atoms with Crippen molar-refractivity contribution in [1.82, 2.24) is 4.57 Å². The molecule has 0 fully saturated rings. The fourth-order valence-electron chi connectivity index (χ4n) is 9.73. The minimum Gasteiger partial charge on any atom is -0.310 e. The average Bonchev–Trinajstić information content (AvgIpc) is 3.72. The van der Waals surface area contributed by atoms with E-state index in [4.69, 9.17) is 0 Å². The van der Waals surface area contributed by atoms with Gasteiger partial charge in [-0.1, -0.05) is 140 Å². The van der Waals surface area contributed by atoms with Gasteiger partial charge in [-0.25, -0.2) is 0 Å². The van der Waals surface area contributed by atoms with Crippen molar-refractivity contribution in [3.8, 4) is 5.69 Å². The third kappa shape index (κ3) is 3.06. The summed E-state index contributed by atoms with van der Waals surface area (Å²) in [5.41, 5.74) is 11.0. The van der Waals surface area contributed by atoms with Gasteiger partial charge in [-0.3, -0.25) is 0 Å². The van der Waals surface area contributed by atoms with Crippen molar-refractivity contribution in [3.05, 3.63) is 164 Å². The van der Waals surface area contributed by atoms with Gasteiger partial charge in [0.05, 0.1) is 16.0 Å². The van der Waals surface area contributed by atoms with Crippen LogP contribution < -0.4 is 42.0 Å². The second kappa shape index (κ2) is 9.29. The predicted octanol–water partition coefficient (Wildman–Crippen LogP) is 6.30. The van der Waals surface area contributed by atoms with Gasteiger partial charge in [0.1, 0.15) is 0 Å². The number of fused-ring (bicyclic) bond motifs is 6. The van der Waals surface area contributed by atoms with Crippen molar-refractivity contribution < 1.29 is 0 Å². The lowest BCUT2D eigenvalue weighted by molar-refractivity contribution is 1.19.